The van der Waals surface area contributed by atoms with Gasteiger partial charge in [-0.1, -0.05) is 35.3 Å². The van der Waals surface area contributed by atoms with E-state index in [1.54, 1.807) is 36.5 Å². The van der Waals surface area contributed by atoms with Gasteiger partial charge in [-0.05, 0) is 29.8 Å². The third-order valence-electron chi connectivity index (χ3n) is 2.83. The molecule has 7 heteroatoms. The van der Waals surface area contributed by atoms with Crippen LogP contribution in [0.1, 0.15) is 11.3 Å². The molecule has 1 aromatic heterocycles. The van der Waals surface area contributed by atoms with Crippen molar-refractivity contribution in [1.29, 1.82) is 0 Å². The number of rotatable bonds is 6. The van der Waals surface area contributed by atoms with E-state index in [1.807, 2.05) is 6.07 Å². The highest BCUT2D eigenvalue weighted by molar-refractivity contribution is 7.89. The maximum atomic E-state index is 11.9. The third kappa shape index (κ3) is 5.28. The number of benzene rings is 1. The summed E-state index contributed by atoms with van der Waals surface area (Å²) in [6.07, 6.45) is 2.02. The highest BCUT2D eigenvalue weighted by Crippen LogP contribution is 2.22. The van der Waals surface area contributed by atoms with Gasteiger partial charge in [-0.2, -0.15) is 0 Å². The van der Waals surface area contributed by atoms with E-state index in [1.165, 1.54) is 0 Å². The smallest absolute Gasteiger partial charge is 0.212 e. The van der Waals surface area contributed by atoms with E-state index in [-0.39, 0.29) is 12.3 Å². The van der Waals surface area contributed by atoms with Crippen molar-refractivity contribution in [2.24, 2.45) is 0 Å². The van der Waals surface area contributed by atoms with Gasteiger partial charge in [-0.15, -0.1) is 0 Å². The number of hydrogen-bond acceptors (Lipinski definition) is 3. The van der Waals surface area contributed by atoms with Crippen LogP contribution in [0.25, 0.3) is 0 Å². The molecule has 1 heterocycles. The monoisotopic (exact) mass is 344 g/mol. The first-order chi connectivity index (χ1) is 9.96. The zero-order valence-electron chi connectivity index (χ0n) is 11.1. The van der Waals surface area contributed by atoms with Gasteiger partial charge in [0.1, 0.15) is 0 Å². The van der Waals surface area contributed by atoms with Crippen molar-refractivity contribution in [2.45, 2.75) is 13.0 Å². The number of pyridine rings is 1. The summed E-state index contributed by atoms with van der Waals surface area (Å²) in [5.41, 5.74) is 1.50. The minimum absolute atomic E-state index is 0.00860. The number of nitrogens with zero attached hydrogens (tertiary/aromatic N) is 1. The average molecular weight is 345 g/mol. The fourth-order valence-corrected chi connectivity index (χ4v) is 3.03. The molecule has 0 bridgehead atoms. The molecule has 1 N–H and O–H groups in total. The Morgan fingerprint density at radius 1 is 1.10 bits per heavy atom. The van der Waals surface area contributed by atoms with Crippen LogP contribution in [0, 0.1) is 0 Å². The number of nitrogens with one attached hydrogen (secondary N) is 1. The van der Waals surface area contributed by atoms with Crippen LogP contribution in [0.5, 0.6) is 0 Å². The molecular formula is C14H14Cl2N2O2S. The Balaban J connectivity index is 1.90. The molecule has 21 heavy (non-hydrogen) atoms. The summed E-state index contributed by atoms with van der Waals surface area (Å²) in [4.78, 5) is 4.10. The van der Waals surface area contributed by atoms with Gasteiger partial charge in [0.25, 0.3) is 0 Å². The maximum Gasteiger partial charge on any atom is 0.212 e. The first kappa shape index (κ1) is 16.2. The lowest BCUT2D eigenvalue weighted by Crippen LogP contribution is -2.27. The molecule has 0 atom stereocenters. The van der Waals surface area contributed by atoms with Gasteiger partial charge in [-0.25, -0.2) is 13.1 Å². The quantitative estimate of drug-likeness (QED) is 0.875. The topological polar surface area (TPSA) is 59.1 Å². The first-order valence-corrected chi connectivity index (χ1v) is 8.68. The molecule has 2 aromatic rings. The van der Waals surface area contributed by atoms with Gasteiger partial charge in [-0.3, -0.25) is 4.98 Å². The zero-order valence-corrected chi connectivity index (χ0v) is 13.4. The molecule has 0 aliphatic rings. The Bertz CT molecular complexity index is 706. The van der Waals surface area contributed by atoms with Crippen LogP contribution in [0.4, 0.5) is 0 Å². The fourth-order valence-electron chi connectivity index (χ4n) is 1.70. The Labute approximate surface area is 134 Å². The maximum absolute atomic E-state index is 11.9. The third-order valence-corrected chi connectivity index (χ3v) is 4.90. The molecule has 2 rings (SSSR count). The van der Waals surface area contributed by atoms with Crippen molar-refractivity contribution in [1.82, 2.24) is 9.71 Å². The standard InChI is InChI=1S/C14H14Cl2N2O2S/c15-13-5-4-11(9-14(13)16)10-18-21(19,20)8-6-12-3-1-2-7-17-12/h1-5,7,9,18H,6,8,10H2. The lowest BCUT2D eigenvalue weighted by molar-refractivity contribution is 0.580. The molecule has 0 aliphatic carbocycles. The summed E-state index contributed by atoms with van der Waals surface area (Å²) < 4.78 is 26.4. The van der Waals surface area contributed by atoms with Crippen molar-refractivity contribution in [3.8, 4) is 0 Å². The number of aromatic nitrogens is 1. The molecule has 1 aromatic carbocycles. The number of sulfonamides is 1. The minimum Gasteiger partial charge on any atom is -0.261 e. The van der Waals surface area contributed by atoms with E-state index in [4.69, 9.17) is 23.2 Å². The predicted molar refractivity (Wildman–Crippen MR) is 85.0 cm³/mol. The highest BCUT2D eigenvalue weighted by Gasteiger charge is 2.11. The van der Waals surface area contributed by atoms with E-state index < -0.39 is 10.0 Å². The van der Waals surface area contributed by atoms with Crippen molar-refractivity contribution in [2.75, 3.05) is 5.75 Å². The molecular weight excluding hydrogens is 331 g/mol. The Morgan fingerprint density at radius 3 is 2.57 bits per heavy atom. The molecule has 112 valence electrons. The fraction of sp³-hybridized carbons (Fsp3) is 0.214. The second-order valence-corrected chi connectivity index (χ2v) is 7.20. The molecule has 0 radical (unpaired) electrons. The van der Waals surface area contributed by atoms with Crippen LogP contribution in [0.15, 0.2) is 42.6 Å². The lowest BCUT2D eigenvalue weighted by atomic mass is 10.2. The largest absolute Gasteiger partial charge is 0.261 e. The van der Waals surface area contributed by atoms with Crippen molar-refractivity contribution in [3.05, 3.63) is 63.9 Å². The van der Waals surface area contributed by atoms with Gasteiger partial charge in [0, 0.05) is 24.9 Å². The van der Waals surface area contributed by atoms with Crippen LogP contribution in [0.2, 0.25) is 10.0 Å². The van der Waals surface area contributed by atoms with Crippen molar-refractivity contribution < 1.29 is 8.42 Å². The van der Waals surface area contributed by atoms with Crippen LogP contribution in [0.3, 0.4) is 0 Å². The molecule has 4 nitrogen and oxygen atoms in total. The predicted octanol–water partition coefficient (Wildman–Crippen LogP) is 3.05. The minimum atomic E-state index is -3.37. The summed E-state index contributed by atoms with van der Waals surface area (Å²) in [6, 6.07) is 10.4. The number of hydrogen-bond donors (Lipinski definition) is 1. The Morgan fingerprint density at radius 2 is 1.90 bits per heavy atom. The molecule has 0 amide bonds. The van der Waals surface area contributed by atoms with E-state index in [0.29, 0.717) is 16.5 Å². The molecule has 0 spiro atoms. The molecule has 0 fully saturated rings. The van der Waals surface area contributed by atoms with E-state index >= 15 is 0 Å². The van der Waals surface area contributed by atoms with Gasteiger partial charge < -0.3 is 0 Å². The molecule has 0 saturated carbocycles. The summed E-state index contributed by atoms with van der Waals surface area (Å²) in [5.74, 6) is -0.00860. The highest BCUT2D eigenvalue weighted by atomic mass is 35.5. The first-order valence-electron chi connectivity index (χ1n) is 6.27. The zero-order chi connectivity index (χ0) is 15.3. The Kier molecular flexibility index (Phi) is 5.58. The van der Waals surface area contributed by atoms with Crippen molar-refractivity contribution in [3.63, 3.8) is 0 Å². The van der Waals surface area contributed by atoms with E-state index in [0.717, 1.165) is 11.3 Å². The van der Waals surface area contributed by atoms with E-state index in [9.17, 15) is 8.42 Å². The number of halogens is 2. The van der Waals surface area contributed by atoms with Crippen LogP contribution >= 0.6 is 23.2 Å². The van der Waals surface area contributed by atoms with Crippen LogP contribution in [-0.4, -0.2) is 19.2 Å². The second kappa shape index (κ2) is 7.22. The molecule has 0 aliphatic heterocycles. The van der Waals surface area contributed by atoms with Gasteiger partial charge in [0.2, 0.25) is 10.0 Å². The van der Waals surface area contributed by atoms with E-state index in [2.05, 4.69) is 9.71 Å². The van der Waals surface area contributed by atoms with Crippen LogP contribution < -0.4 is 4.72 Å². The van der Waals surface area contributed by atoms with Crippen molar-refractivity contribution >= 4 is 33.2 Å². The SMILES string of the molecule is O=S(=O)(CCc1ccccn1)NCc1ccc(Cl)c(Cl)c1. The molecule has 0 unspecified atom stereocenters. The normalized spacial score (nSPS) is 11.5. The van der Waals surface area contributed by atoms with Gasteiger partial charge in [0.15, 0.2) is 0 Å². The molecule has 0 saturated heterocycles. The summed E-state index contributed by atoms with van der Waals surface area (Å²) in [5, 5.41) is 0.847. The number of aryl methyl sites for hydroxylation is 1. The Hall–Kier alpha value is -1.14. The van der Waals surface area contributed by atoms with Crippen LogP contribution in [-0.2, 0) is 23.0 Å². The lowest BCUT2D eigenvalue weighted by Gasteiger charge is -2.07. The second-order valence-electron chi connectivity index (χ2n) is 4.46. The van der Waals surface area contributed by atoms with Gasteiger partial charge in [0.05, 0.1) is 15.8 Å². The summed E-state index contributed by atoms with van der Waals surface area (Å²) in [6.45, 7) is 0.182. The summed E-state index contributed by atoms with van der Waals surface area (Å²) >= 11 is 11.7. The van der Waals surface area contributed by atoms with Gasteiger partial charge >= 0.3 is 0 Å². The average Bonchev–Trinajstić information content (AvgIpc) is 2.48. The summed E-state index contributed by atoms with van der Waals surface area (Å²) in [7, 11) is -3.37.